The molecule has 0 spiro atoms. The highest BCUT2D eigenvalue weighted by molar-refractivity contribution is 5.49. The summed E-state index contributed by atoms with van der Waals surface area (Å²) in [6, 6.07) is 12.5. The third kappa shape index (κ3) is 1.90. The number of aryl methyl sites for hydroxylation is 1. The van der Waals surface area contributed by atoms with E-state index >= 15 is 0 Å². The Balaban J connectivity index is 2.13. The fourth-order valence-electron chi connectivity index (χ4n) is 2.85. The fourth-order valence-corrected chi connectivity index (χ4v) is 2.85. The second kappa shape index (κ2) is 4.35. The van der Waals surface area contributed by atoms with E-state index in [0.29, 0.717) is 0 Å². The molecule has 3 rings (SSSR count). The van der Waals surface area contributed by atoms with Crippen LogP contribution in [0.25, 0.3) is 0 Å². The van der Waals surface area contributed by atoms with Gasteiger partial charge in [0.15, 0.2) is 0 Å². The van der Waals surface area contributed by atoms with E-state index in [4.69, 9.17) is 10.5 Å². The maximum atomic E-state index is 13.4. The van der Waals surface area contributed by atoms with E-state index in [-0.39, 0.29) is 5.82 Å². The van der Waals surface area contributed by atoms with Gasteiger partial charge in [-0.2, -0.15) is 0 Å². The van der Waals surface area contributed by atoms with Gasteiger partial charge in [0.25, 0.3) is 0 Å². The van der Waals surface area contributed by atoms with Crippen LogP contribution < -0.4 is 10.5 Å². The molecule has 3 heteroatoms. The molecule has 1 aliphatic rings. The maximum Gasteiger partial charge on any atom is 0.123 e. The standard InChI is InChI=1S/C16H16FNO/c1-19-14-6-5-11-7-8-16(18,15(11)10-14)12-3-2-4-13(17)9-12/h2-6,9-10H,7-8,18H2,1H3. The van der Waals surface area contributed by atoms with Crippen LogP contribution in [0.2, 0.25) is 0 Å². The zero-order valence-electron chi connectivity index (χ0n) is 10.8. The predicted molar refractivity (Wildman–Crippen MR) is 72.7 cm³/mol. The van der Waals surface area contributed by atoms with Crippen molar-refractivity contribution in [3.63, 3.8) is 0 Å². The Kier molecular flexibility index (Phi) is 2.79. The van der Waals surface area contributed by atoms with Gasteiger partial charge in [0.2, 0.25) is 0 Å². The molecule has 2 N–H and O–H groups in total. The summed E-state index contributed by atoms with van der Waals surface area (Å²) in [5.41, 5.74) is 9.02. The Morgan fingerprint density at radius 1 is 1.21 bits per heavy atom. The summed E-state index contributed by atoms with van der Waals surface area (Å²) in [5, 5.41) is 0. The second-order valence-electron chi connectivity index (χ2n) is 5.00. The van der Waals surface area contributed by atoms with E-state index in [0.717, 1.165) is 29.7 Å². The van der Waals surface area contributed by atoms with Crippen LogP contribution in [0, 0.1) is 5.82 Å². The van der Waals surface area contributed by atoms with Gasteiger partial charge in [0.1, 0.15) is 11.6 Å². The summed E-state index contributed by atoms with van der Waals surface area (Å²) in [4.78, 5) is 0. The molecular weight excluding hydrogens is 241 g/mol. The highest BCUT2D eigenvalue weighted by Gasteiger charge is 2.37. The topological polar surface area (TPSA) is 35.2 Å². The molecule has 1 aliphatic carbocycles. The third-order valence-corrected chi connectivity index (χ3v) is 3.93. The third-order valence-electron chi connectivity index (χ3n) is 3.93. The average molecular weight is 257 g/mol. The normalized spacial score (nSPS) is 21.2. The number of benzene rings is 2. The fraction of sp³-hybridized carbons (Fsp3) is 0.250. The number of ether oxygens (including phenoxy) is 1. The molecule has 0 radical (unpaired) electrons. The van der Waals surface area contributed by atoms with Gasteiger partial charge in [-0.25, -0.2) is 4.39 Å². The molecule has 1 unspecified atom stereocenters. The second-order valence-corrected chi connectivity index (χ2v) is 5.00. The van der Waals surface area contributed by atoms with Crippen molar-refractivity contribution in [1.82, 2.24) is 0 Å². The number of hydrogen-bond acceptors (Lipinski definition) is 2. The quantitative estimate of drug-likeness (QED) is 0.897. The van der Waals surface area contributed by atoms with Gasteiger partial charge in [0, 0.05) is 0 Å². The minimum absolute atomic E-state index is 0.251. The first kappa shape index (κ1) is 12.2. The lowest BCUT2D eigenvalue weighted by Gasteiger charge is -2.26. The van der Waals surface area contributed by atoms with E-state index in [2.05, 4.69) is 0 Å². The summed E-state index contributed by atoms with van der Waals surface area (Å²) in [5.74, 6) is 0.533. The lowest BCUT2D eigenvalue weighted by molar-refractivity contribution is 0.413. The highest BCUT2D eigenvalue weighted by Crippen LogP contribution is 2.41. The van der Waals surface area contributed by atoms with Crippen LogP contribution in [0.1, 0.15) is 23.1 Å². The number of methoxy groups -OCH3 is 1. The van der Waals surface area contributed by atoms with Gasteiger partial charge >= 0.3 is 0 Å². The molecule has 2 nitrogen and oxygen atoms in total. The molecule has 0 aromatic heterocycles. The largest absolute Gasteiger partial charge is 0.497 e. The maximum absolute atomic E-state index is 13.4. The smallest absolute Gasteiger partial charge is 0.123 e. The molecular formula is C16H16FNO. The molecule has 0 aliphatic heterocycles. The van der Waals surface area contributed by atoms with E-state index in [1.54, 1.807) is 13.2 Å². The minimum Gasteiger partial charge on any atom is -0.497 e. The van der Waals surface area contributed by atoms with Crippen LogP contribution in [0.5, 0.6) is 5.75 Å². The SMILES string of the molecule is COc1ccc2c(c1)C(N)(c1cccc(F)c1)CC2. The molecule has 98 valence electrons. The van der Waals surface area contributed by atoms with Crippen molar-refractivity contribution in [2.24, 2.45) is 5.73 Å². The van der Waals surface area contributed by atoms with Gasteiger partial charge in [-0.1, -0.05) is 18.2 Å². The zero-order chi connectivity index (χ0) is 13.5. The Bertz CT molecular complexity index is 626. The van der Waals surface area contributed by atoms with E-state index in [1.165, 1.54) is 17.7 Å². The lowest BCUT2D eigenvalue weighted by Crippen LogP contribution is -2.35. The van der Waals surface area contributed by atoms with Gasteiger partial charge in [-0.15, -0.1) is 0 Å². The van der Waals surface area contributed by atoms with Crippen molar-refractivity contribution in [2.75, 3.05) is 7.11 Å². The number of nitrogens with two attached hydrogens (primary N) is 1. The van der Waals surface area contributed by atoms with Crippen molar-refractivity contribution >= 4 is 0 Å². The molecule has 0 heterocycles. The van der Waals surface area contributed by atoms with Crippen LogP contribution in [-0.4, -0.2) is 7.11 Å². The van der Waals surface area contributed by atoms with E-state index < -0.39 is 5.54 Å². The molecule has 0 fully saturated rings. The number of halogens is 1. The Labute approximate surface area is 112 Å². The summed E-state index contributed by atoms with van der Waals surface area (Å²) in [7, 11) is 1.64. The molecule has 19 heavy (non-hydrogen) atoms. The summed E-state index contributed by atoms with van der Waals surface area (Å²) >= 11 is 0. The van der Waals surface area contributed by atoms with Crippen molar-refractivity contribution in [3.8, 4) is 5.75 Å². The van der Waals surface area contributed by atoms with Crippen molar-refractivity contribution in [3.05, 3.63) is 65.0 Å². The van der Waals surface area contributed by atoms with E-state index in [9.17, 15) is 4.39 Å². The first-order chi connectivity index (χ1) is 9.13. The number of rotatable bonds is 2. The van der Waals surface area contributed by atoms with Gasteiger partial charge in [-0.3, -0.25) is 0 Å². The predicted octanol–water partition coefficient (Wildman–Crippen LogP) is 2.98. The van der Waals surface area contributed by atoms with Crippen LogP contribution in [0.3, 0.4) is 0 Å². The number of fused-ring (bicyclic) bond motifs is 1. The van der Waals surface area contributed by atoms with Crippen molar-refractivity contribution in [2.45, 2.75) is 18.4 Å². The van der Waals surface area contributed by atoms with Crippen LogP contribution in [-0.2, 0) is 12.0 Å². The Hall–Kier alpha value is -1.87. The minimum atomic E-state index is -0.619. The van der Waals surface area contributed by atoms with Gasteiger partial charge in [0.05, 0.1) is 12.6 Å². The Morgan fingerprint density at radius 2 is 2.05 bits per heavy atom. The molecule has 2 aromatic carbocycles. The molecule has 0 bridgehead atoms. The van der Waals surface area contributed by atoms with Crippen molar-refractivity contribution in [1.29, 1.82) is 0 Å². The first-order valence-electron chi connectivity index (χ1n) is 6.36. The summed E-state index contributed by atoms with van der Waals surface area (Å²) in [6.07, 6.45) is 1.70. The van der Waals surface area contributed by atoms with Gasteiger partial charge < -0.3 is 10.5 Å². The lowest BCUT2D eigenvalue weighted by atomic mass is 9.85. The van der Waals surface area contributed by atoms with Crippen LogP contribution in [0.15, 0.2) is 42.5 Å². The summed E-state index contributed by atoms with van der Waals surface area (Å²) in [6.45, 7) is 0. The highest BCUT2D eigenvalue weighted by atomic mass is 19.1. The van der Waals surface area contributed by atoms with Crippen molar-refractivity contribution < 1.29 is 9.13 Å². The molecule has 0 saturated heterocycles. The first-order valence-corrected chi connectivity index (χ1v) is 6.36. The molecule has 0 amide bonds. The average Bonchev–Trinajstić information content (AvgIpc) is 2.77. The summed E-state index contributed by atoms with van der Waals surface area (Å²) < 4.78 is 18.7. The zero-order valence-corrected chi connectivity index (χ0v) is 10.8. The van der Waals surface area contributed by atoms with Crippen LogP contribution >= 0.6 is 0 Å². The Morgan fingerprint density at radius 3 is 2.79 bits per heavy atom. The monoisotopic (exact) mass is 257 g/mol. The molecule has 2 aromatic rings. The van der Waals surface area contributed by atoms with Gasteiger partial charge in [-0.05, 0) is 53.8 Å². The molecule has 0 saturated carbocycles. The number of hydrogen-bond donors (Lipinski definition) is 1. The van der Waals surface area contributed by atoms with Crippen LogP contribution in [0.4, 0.5) is 4.39 Å². The van der Waals surface area contributed by atoms with E-state index in [1.807, 2.05) is 24.3 Å². The molecule has 1 atom stereocenters.